The van der Waals surface area contributed by atoms with Crippen molar-refractivity contribution in [2.45, 2.75) is 173 Å². The van der Waals surface area contributed by atoms with E-state index in [1.54, 1.807) is 51.3 Å². The van der Waals surface area contributed by atoms with Gasteiger partial charge < -0.3 is 38.3 Å². The number of ether oxygens (including phenoxy) is 5. The molecule has 60 heavy (non-hydrogen) atoms. The molecule has 6 rings (SSSR count). The number of ketones is 2. The van der Waals surface area contributed by atoms with Crippen LogP contribution >= 0.6 is 0 Å². The number of fused-ring (bicyclic) bond motifs is 7. The lowest BCUT2D eigenvalue weighted by Gasteiger charge is -2.49. The van der Waals surface area contributed by atoms with Crippen molar-refractivity contribution < 1.29 is 48.0 Å². The normalized spacial score (nSPS) is 37.3. The van der Waals surface area contributed by atoms with Gasteiger partial charge in [-0.1, -0.05) is 20.8 Å². The lowest BCUT2D eigenvalue weighted by molar-refractivity contribution is -0.297. The number of amides is 1. The van der Waals surface area contributed by atoms with E-state index in [1.165, 1.54) is 14.0 Å². The number of Topliss-reactive ketones (excluding diaryl/α,β-unsaturated/α-hetero) is 2. The highest BCUT2D eigenvalue weighted by atomic mass is 16.7. The first-order chi connectivity index (χ1) is 28.2. The van der Waals surface area contributed by atoms with Gasteiger partial charge in [0.05, 0.1) is 35.9 Å². The summed E-state index contributed by atoms with van der Waals surface area (Å²) in [5.74, 6) is -5.55. The van der Waals surface area contributed by atoms with Crippen molar-refractivity contribution in [1.29, 1.82) is 0 Å². The van der Waals surface area contributed by atoms with Gasteiger partial charge in [0.1, 0.15) is 23.9 Å². The maximum atomic E-state index is 15.7. The average Bonchev–Trinajstić information content (AvgIpc) is 3.78. The van der Waals surface area contributed by atoms with E-state index < -0.39 is 83.4 Å². The van der Waals surface area contributed by atoms with Gasteiger partial charge in [-0.05, 0) is 99.2 Å². The van der Waals surface area contributed by atoms with Crippen molar-refractivity contribution >= 4 is 23.6 Å². The number of likely N-dealkylation sites (N-methyl/N-ethyl adjacent to an activating group) is 1. The van der Waals surface area contributed by atoms with E-state index >= 15 is 4.79 Å². The number of aliphatic hydroxyl groups excluding tert-OH is 1. The van der Waals surface area contributed by atoms with E-state index in [1.807, 2.05) is 37.7 Å². The molecule has 0 aliphatic carbocycles. The molecule has 1 N–H and O–H groups in total. The van der Waals surface area contributed by atoms with Gasteiger partial charge in [-0.25, -0.2) is 9.78 Å². The predicted octanol–water partition coefficient (Wildman–Crippen LogP) is 5.56. The number of carbonyl (C=O) groups is 4. The van der Waals surface area contributed by atoms with Crippen molar-refractivity contribution in [2.75, 3.05) is 20.7 Å². The van der Waals surface area contributed by atoms with Crippen LogP contribution in [0.2, 0.25) is 0 Å². The summed E-state index contributed by atoms with van der Waals surface area (Å²) >= 11 is 0. The van der Waals surface area contributed by atoms with Crippen molar-refractivity contribution in [3.8, 4) is 11.3 Å². The van der Waals surface area contributed by atoms with Gasteiger partial charge in [-0.15, -0.1) is 0 Å². The van der Waals surface area contributed by atoms with Gasteiger partial charge in [0.25, 0.3) is 0 Å². The van der Waals surface area contributed by atoms with Gasteiger partial charge in [-0.2, -0.15) is 0 Å². The van der Waals surface area contributed by atoms with Gasteiger partial charge in [0.2, 0.25) is 0 Å². The van der Waals surface area contributed by atoms with Crippen LogP contribution in [0.5, 0.6) is 0 Å². The third-order valence-electron chi connectivity index (χ3n) is 14.0. The van der Waals surface area contributed by atoms with Gasteiger partial charge in [0.15, 0.2) is 17.7 Å². The molecular formula is C45H67N5O10. The predicted molar refractivity (Wildman–Crippen MR) is 222 cm³/mol. The number of hydrogen-bond donors (Lipinski definition) is 1. The number of methoxy groups -OCH3 is 1. The minimum absolute atomic E-state index is 0.00928. The maximum Gasteiger partial charge on any atom is 0.410 e. The lowest BCUT2D eigenvalue weighted by Crippen LogP contribution is -2.62. The van der Waals surface area contributed by atoms with E-state index in [4.69, 9.17) is 28.7 Å². The summed E-state index contributed by atoms with van der Waals surface area (Å²) in [7, 11) is 3.46. The van der Waals surface area contributed by atoms with E-state index in [2.05, 4.69) is 30.7 Å². The Balaban J connectivity index is 1.56. The number of imidazole rings is 1. The molecule has 2 aromatic rings. The molecule has 0 spiro atoms. The summed E-state index contributed by atoms with van der Waals surface area (Å²) in [5, 5.41) is 12.0. The summed E-state index contributed by atoms with van der Waals surface area (Å²) in [4.78, 5) is 71.5. The molecule has 15 nitrogen and oxygen atoms in total. The molecule has 15 heteroatoms. The molecule has 332 valence electrons. The van der Waals surface area contributed by atoms with E-state index in [0.717, 1.165) is 6.42 Å². The molecule has 0 aromatic carbocycles. The molecular weight excluding hydrogens is 771 g/mol. The highest BCUT2D eigenvalue weighted by molar-refractivity contribution is 6.00. The lowest BCUT2D eigenvalue weighted by atomic mass is 9.70. The number of cyclic esters (lactones) is 1. The number of aromatic nitrogens is 3. The first-order valence-electron chi connectivity index (χ1n) is 21.7. The third-order valence-corrected chi connectivity index (χ3v) is 14.0. The molecule has 2 aromatic heterocycles. The van der Waals surface area contributed by atoms with Crippen molar-refractivity contribution in [3.05, 3.63) is 36.5 Å². The van der Waals surface area contributed by atoms with Crippen LogP contribution in [-0.2, 0) is 44.6 Å². The second kappa shape index (κ2) is 17.5. The van der Waals surface area contributed by atoms with Crippen LogP contribution in [-0.4, -0.2) is 133 Å². The standard InChI is InChI=1S/C45H67N5O10/c1-13-34-45(10)38-26(3)36(52)30(29-16-17-46-22-31(29)32-23-49(24-47-32)18-14-15-19-50(38)42(55)60-45)21-44(9,56-12)39(27(4)35(51)28(5)40(54)58-34)59-41-37(53)33(20-25(2)57-41)48(11)43(6,7)8/h16-17,22-28,30,33-34,37-39,41,53H,13-15,18-21H2,1-12H3/t25-,26+,27+,28-,30+,33+,34-,37-,38-,39-,41+,44-,45-/m1/s1. The molecule has 6 heterocycles. The van der Waals surface area contributed by atoms with Crippen LogP contribution < -0.4 is 0 Å². The minimum Gasteiger partial charge on any atom is -0.458 e. The number of aryl methyl sites for hydroxylation is 1. The topological polar surface area (TPSA) is 172 Å². The number of carbonyl (C=O) groups excluding carboxylic acids is 4. The molecule has 4 bridgehead atoms. The molecule has 13 atom stereocenters. The highest BCUT2D eigenvalue weighted by Gasteiger charge is 2.61. The smallest absolute Gasteiger partial charge is 0.410 e. The molecule has 1 amide bonds. The molecule has 4 aliphatic heterocycles. The van der Waals surface area contributed by atoms with Gasteiger partial charge in [-0.3, -0.25) is 24.3 Å². The third kappa shape index (κ3) is 8.53. The van der Waals surface area contributed by atoms with Crippen LogP contribution in [0.25, 0.3) is 11.3 Å². The summed E-state index contributed by atoms with van der Waals surface area (Å²) in [6, 6.07) is 0.622. The molecule has 0 saturated carbocycles. The number of hydrogen-bond acceptors (Lipinski definition) is 13. The van der Waals surface area contributed by atoms with E-state index in [0.29, 0.717) is 42.8 Å². The molecule has 4 aliphatic rings. The Hall–Kier alpha value is -3.76. The monoisotopic (exact) mass is 837 g/mol. The van der Waals surface area contributed by atoms with Gasteiger partial charge >= 0.3 is 12.1 Å². The number of rotatable bonds is 5. The molecule has 3 fully saturated rings. The summed E-state index contributed by atoms with van der Waals surface area (Å²) in [5.41, 5.74) is -1.23. The van der Waals surface area contributed by atoms with Crippen LogP contribution in [0, 0.1) is 17.8 Å². The summed E-state index contributed by atoms with van der Waals surface area (Å²) in [6.07, 6.45) is 3.76. The summed E-state index contributed by atoms with van der Waals surface area (Å²) in [6.45, 7) is 19.4. The SMILES string of the molecule is CC[C@H]1OC(=O)[C@H](C)C(=O)[C@H](C)[C@@H](O[C@@H]2O[C@H](C)C[C@H](N(C)C(C)(C)C)[C@H]2O)[C@](C)(OC)C[C@@H]2C(=O)[C@H](C)[C@H]3N(CCCCn4cnc(c4)-c4cnccc42)C(=O)O[C@]13C. The van der Waals surface area contributed by atoms with Gasteiger partial charge in [0, 0.05) is 73.7 Å². The number of nitrogens with zero attached hydrogens (tertiary/aromatic N) is 5. The second-order valence-corrected chi connectivity index (χ2v) is 19.0. The maximum absolute atomic E-state index is 15.7. The summed E-state index contributed by atoms with van der Waals surface area (Å²) < 4.78 is 34.1. The quantitative estimate of drug-likeness (QED) is 0.294. The molecule has 0 radical (unpaired) electrons. The molecule has 3 saturated heterocycles. The Kier molecular flexibility index (Phi) is 13.4. The largest absolute Gasteiger partial charge is 0.458 e. The Morgan fingerprint density at radius 2 is 1.73 bits per heavy atom. The number of pyridine rings is 1. The van der Waals surface area contributed by atoms with Crippen molar-refractivity contribution in [2.24, 2.45) is 17.8 Å². The number of esters is 1. The second-order valence-electron chi connectivity index (χ2n) is 19.0. The first kappa shape index (κ1) is 45.8. The Morgan fingerprint density at radius 1 is 1.03 bits per heavy atom. The van der Waals surface area contributed by atoms with E-state index in [9.17, 15) is 19.5 Å². The Labute approximate surface area is 354 Å². The fraction of sp³-hybridized carbons (Fsp3) is 0.733. The van der Waals surface area contributed by atoms with Crippen LogP contribution in [0.3, 0.4) is 0 Å². The zero-order valence-electron chi connectivity index (χ0n) is 37.5. The molecule has 0 unspecified atom stereocenters. The van der Waals surface area contributed by atoms with Crippen molar-refractivity contribution in [3.63, 3.8) is 0 Å². The Bertz CT molecular complexity index is 1900. The first-order valence-corrected chi connectivity index (χ1v) is 21.7. The fourth-order valence-corrected chi connectivity index (χ4v) is 10.1. The van der Waals surface area contributed by atoms with Crippen LogP contribution in [0.4, 0.5) is 4.79 Å². The zero-order chi connectivity index (χ0) is 44.1. The average molecular weight is 838 g/mol. The van der Waals surface area contributed by atoms with Crippen molar-refractivity contribution in [1.82, 2.24) is 24.3 Å². The minimum atomic E-state index is -1.44. The van der Waals surface area contributed by atoms with Crippen LogP contribution in [0.15, 0.2) is 31.0 Å². The Morgan fingerprint density at radius 3 is 2.40 bits per heavy atom. The zero-order valence-corrected chi connectivity index (χ0v) is 37.5. The van der Waals surface area contributed by atoms with E-state index in [-0.39, 0.29) is 36.3 Å². The van der Waals surface area contributed by atoms with Crippen LogP contribution in [0.1, 0.15) is 113 Å². The fourth-order valence-electron chi connectivity index (χ4n) is 10.1. The highest BCUT2D eigenvalue weighted by Crippen LogP contribution is 2.46. The number of aliphatic hydroxyl groups is 1.